The summed E-state index contributed by atoms with van der Waals surface area (Å²) in [5, 5.41) is 10.4. The van der Waals surface area contributed by atoms with Gasteiger partial charge in [0, 0.05) is 19.6 Å². The summed E-state index contributed by atoms with van der Waals surface area (Å²) in [7, 11) is 2.17. The third-order valence-electron chi connectivity index (χ3n) is 3.79. The van der Waals surface area contributed by atoms with Crippen LogP contribution in [0, 0.1) is 6.92 Å². The number of nitrogens with zero attached hydrogens (tertiary/aromatic N) is 2. The average Bonchev–Trinajstić information content (AvgIpc) is 2.55. The van der Waals surface area contributed by atoms with Crippen molar-refractivity contribution in [2.24, 2.45) is 0 Å². The van der Waals surface area contributed by atoms with Crippen LogP contribution in [0.4, 0.5) is 0 Å². The lowest BCUT2D eigenvalue weighted by molar-refractivity contribution is 0.115. The van der Waals surface area contributed by atoms with Gasteiger partial charge >= 0.3 is 0 Å². The molecule has 0 bridgehead atoms. The zero-order chi connectivity index (χ0) is 13.0. The molecular weight excluding hydrogens is 224 g/mol. The second kappa shape index (κ2) is 6.32. The predicted octanol–water partition coefficient (Wildman–Crippen LogP) is 1.67. The Labute approximate surface area is 110 Å². The smallest absolute Gasteiger partial charge is 0.0919 e. The van der Waals surface area contributed by atoms with Gasteiger partial charge in [-0.05, 0) is 44.6 Å². The molecule has 1 aliphatic rings. The third-order valence-corrected chi connectivity index (χ3v) is 3.79. The van der Waals surface area contributed by atoms with Gasteiger partial charge in [-0.2, -0.15) is 0 Å². The second-order valence-corrected chi connectivity index (χ2v) is 5.33. The number of aryl methyl sites for hydroxylation is 1. The topological polar surface area (TPSA) is 26.7 Å². The van der Waals surface area contributed by atoms with E-state index in [1.807, 2.05) is 18.2 Å². The summed E-state index contributed by atoms with van der Waals surface area (Å²) in [4.78, 5) is 4.74. The fourth-order valence-electron chi connectivity index (χ4n) is 2.59. The zero-order valence-electron chi connectivity index (χ0n) is 11.5. The van der Waals surface area contributed by atoms with Crippen LogP contribution in [-0.4, -0.2) is 54.7 Å². The van der Waals surface area contributed by atoms with Crippen molar-refractivity contribution in [2.45, 2.75) is 19.4 Å². The summed E-state index contributed by atoms with van der Waals surface area (Å²) in [6.07, 6.45) is 0.825. The standard InChI is InChI=1S/C15H24N2O/c1-13-6-3-4-7-14(13)15(18)12-17-9-5-8-16(2)10-11-17/h3-4,6-7,15,18H,5,8-12H2,1-2H3. The van der Waals surface area contributed by atoms with Gasteiger partial charge in [0.25, 0.3) is 0 Å². The van der Waals surface area contributed by atoms with E-state index in [0.717, 1.165) is 38.3 Å². The molecule has 3 heteroatoms. The van der Waals surface area contributed by atoms with E-state index in [0.29, 0.717) is 0 Å². The number of rotatable bonds is 3. The summed E-state index contributed by atoms with van der Waals surface area (Å²) < 4.78 is 0. The van der Waals surface area contributed by atoms with Gasteiger partial charge in [-0.25, -0.2) is 0 Å². The highest BCUT2D eigenvalue weighted by molar-refractivity contribution is 5.27. The molecule has 1 unspecified atom stereocenters. The lowest BCUT2D eigenvalue weighted by Crippen LogP contribution is -2.32. The van der Waals surface area contributed by atoms with E-state index in [-0.39, 0.29) is 6.10 Å². The number of benzene rings is 1. The van der Waals surface area contributed by atoms with Crippen LogP contribution in [0.3, 0.4) is 0 Å². The van der Waals surface area contributed by atoms with Crippen LogP contribution in [0.25, 0.3) is 0 Å². The molecule has 1 saturated heterocycles. The maximum absolute atomic E-state index is 10.4. The van der Waals surface area contributed by atoms with Crippen LogP contribution >= 0.6 is 0 Å². The van der Waals surface area contributed by atoms with Gasteiger partial charge in [-0.15, -0.1) is 0 Å². The number of aliphatic hydroxyl groups excluding tert-OH is 1. The molecular formula is C15H24N2O. The molecule has 0 radical (unpaired) electrons. The molecule has 18 heavy (non-hydrogen) atoms. The summed E-state index contributed by atoms with van der Waals surface area (Å²) in [6.45, 7) is 7.22. The molecule has 1 aliphatic heterocycles. The zero-order valence-corrected chi connectivity index (χ0v) is 11.5. The van der Waals surface area contributed by atoms with Gasteiger partial charge in [-0.1, -0.05) is 24.3 Å². The van der Waals surface area contributed by atoms with Crippen molar-refractivity contribution in [3.63, 3.8) is 0 Å². The maximum atomic E-state index is 10.4. The minimum atomic E-state index is -0.366. The van der Waals surface area contributed by atoms with Crippen molar-refractivity contribution < 1.29 is 5.11 Å². The lowest BCUT2D eigenvalue weighted by atomic mass is 10.0. The summed E-state index contributed by atoms with van der Waals surface area (Å²) in [5.41, 5.74) is 2.24. The largest absolute Gasteiger partial charge is 0.387 e. The normalized spacial score (nSPS) is 20.6. The summed E-state index contributed by atoms with van der Waals surface area (Å²) in [6, 6.07) is 8.12. The van der Waals surface area contributed by atoms with Gasteiger partial charge in [-0.3, -0.25) is 4.90 Å². The first-order chi connectivity index (χ1) is 8.66. The van der Waals surface area contributed by atoms with E-state index in [2.05, 4.69) is 29.8 Å². The van der Waals surface area contributed by atoms with E-state index >= 15 is 0 Å². The molecule has 0 aliphatic carbocycles. The first-order valence-corrected chi connectivity index (χ1v) is 6.81. The van der Waals surface area contributed by atoms with Crippen LogP contribution in [0.2, 0.25) is 0 Å². The number of hydrogen-bond acceptors (Lipinski definition) is 3. The van der Waals surface area contributed by atoms with Crippen LogP contribution in [0.5, 0.6) is 0 Å². The van der Waals surface area contributed by atoms with Crippen molar-refractivity contribution in [3.05, 3.63) is 35.4 Å². The number of hydrogen-bond donors (Lipinski definition) is 1. The lowest BCUT2D eigenvalue weighted by Gasteiger charge is -2.24. The molecule has 1 heterocycles. The van der Waals surface area contributed by atoms with E-state index < -0.39 is 0 Å². The number of aliphatic hydroxyl groups is 1. The van der Waals surface area contributed by atoms with Crippen LogP contribution < -0.4 is 0 Å². The van der Waals surface area contributed by atoms with Crippen LogP contribution in [-0.2, 0) is 0 Å². The predicted molar refractivity (Wildman–Crippen MR) is 74.7 cm³/mol. The summed E-state index contributed by atoms with van der Waals surface area (Å²) >= 11 is 0. The van der Waals surface area contributed by atoms with E-state index in [1.54, 1.807) is 0 Å². The van der Waals surface area contributed by atoms with Crippen LogP contribution in [0.1, 0.15) is 23.7 Å². The molecule has 1 N–H and O–H groups in total. The Morgan fingerprint density at radius 3 is 2.72 bits per heavy atom. The first-order valence-electron chi connectivity index (χ1n) is 6.81. The van der Waals surface area contributed by atoms with Gasteiger partial charge in [0.2, 0.25) is 0 Å². The fourth-order valence-corrected chi connectivity index (χ4v) is 2.59. The molecule has 0 aromatic heterocycles. The minimum Gasteiger partial charge on any atom is -0.387 e. The van der Waals surface area contributed by atoms with Gasteiger partial charge in [0.15, 0.2) is 0 Å². The Kier molecular flexibility index (Phi) is 4.75. The van der Waals surface area contributed by atoms with E-state index in [1.165, 1.54) is 12.0 Å². The highest BCUT2D eigenvalue weighted by Crippen LogP contribution is 2.18. The molecule has 1 aromatic carbocycles. The average molecular weight is 248 g/mol. The number of likely N-dealkylation sites (N-methyl/N-ethyl adjacent to an activating group) is 1. The van der Waals surface area contributed by atoms with Crippen molar-refractivity contribution in [3.8, 4) is 0 Å². The quantitative estimate of drug-likeness (QED) is 0.881. The Bertz CT molecular complexity index is 381. The second-order valence-electron chi connectivity index (χ2n) is 5.33. The third kappa shape index (κ3) is 3.55. The van der Waals surface area contributed by atoms with E-state index in [9.17, 15) is 5.11 Å². The molecule has 2 rings (SSSR count). The highest BCUT2D eigenvalue weighted by Gasteiger charge is 2.17. The maximum Gasteiger partial charge on any atom is 0.0919 e. The molecule has 1 fully saturated rings. The Balaban J connectivity index is 1.94. The molecule has 100 valence electrons. The molecule has 1 atom stereocenters. The van der Waals surface area contributed by atoms with Gasteiger partial charge in [0.1, 0.15) is 0 Å². The van der Waals surface area contributed by atoms with Crippen molar-refractivity contribution >= 4 is 0 Å². The van der Waals surface area contributed by atoms with Crippen molar-refractivity contribution in [1.29, 1.82) is 0 Å². The van der Waals surface area contributed by atoms with Gasteiger partial charge < -0.3 is 10.0 Å². The Hall–Kier alpha value is -0.900. The van der Waals surface area contributed by atoms with E-state index in [4.69, 9.17) is 0 Å². The fraction of sp³-hybridized carbons (Fsp3) is 0.600. The minimum absolute atomic E-state index is 0.366. The summed E-state index contributed by atoms with van der Waals surface area (Å²) in [5.74, 6) is 0. The van der Waals surface area contributed by atoms with Crippen LogP contribution in [0.15, 0.2) is 24.3 Å². The number of β-amino-alcohol motifs (C(OH)–C–C–N with tert-alkyl or cyclic N) is 1. The molecule has 1 aromatic rings. The molecule has 3 nitrogen and oxygen atoms in total. The monoisotopic (exact) mass is 248 g/mol. The highest BCUT2D eigenvalue weighted by atomic mass is 16.3. The first kappa shape index (κ1) is 13.5. The Morgan fingerprint density at radius 2 is 1.94 bits per heavy atom. The molecule has 0 amide bonds. The van der Waals surface area contributed by atoms with Gasteiger partial charge in [0.05, 0.1) is 6.10 Å². The Morgan fingerprint density at radius 1 is 1.17 bits per heavy atom. The molecule has 0 spiro atoms. The van der Waals surface area contributed by atoms with Crippen molar-refractivity contribution in [1.82, 2.24) is 9.80 Å². The van der Waals surface area contributed by atoms with Crippen molar-refractivity contribution in [2.75, 3.05) is 39.8 Å². The SMILES string of the molecule is Cc1ccccc1C(O)CN1CCCN(C)CC1. The molecule has 0 saturated carbocycles.